The number of rotatable bonds is 3. The monoisotopic (exact) mass is 158 g/mol. The molecule has 1 heterocycles. The Morgan fingerprint density at radius 3 is 2.60 bits per heavy atom. The Morgan fingerprint density at radius 1 is 1.30 bits per heavy atom. The van der Waals surface area contributed by atoms with Crippen LogP contribution in [0.5, 0.6) is 0 Å². The summed E-state index contributed by atoms with van der Waals surface area (Å²) in [4.78, 5) is 0. The van der Waals surface area contributed by atoms with Gasteiger partial charge in [-0.2, -0.15) is 11.8 Å². The first kappa shape index (κ1) is 6.99. The van der Waals surface area contributed by atoms with Crippen molar-refractivity contribution in [1.82, 2.24) is 0 Å². The van der Waals surface area contributed by atoms with Gasteiger partial charge < -0.3 is 4.74 Å². The summed E-state index contributed by atoms with van der Waals surface area (Å²) in [6.07, 6.45) is 6.46. The normalized spacial score (nSPS) is 33.0. The molecule has 0 aromatic carbocycles. The average Bonchev–Trinajstić information content (AvgIpc) is 2.63. The first-order valence-corrected chi connectivity index (χ1v) is 5.23. The van der Waals surface area contributed by atoms with Gasteiger partial charge in [0.1, 0.15) is 0 Å². The van der Waals surface area contributed by atoms with E-state index in [1.165, 1.54) is 31.4 Å². The van der Waals surface area contributed by atoms with Crippen molar-refractivity contribution in [3.63, 3.8) is 0 Å². The van der Waals surface area contributed by atoms with Crippen molar-refractivity contribution in [2.24, 2.45) is 0 Å². The summed E-state index contributed by atoms with van der Waals surface area (Å²) in [5.41, 5.74) is 0. The van der Waals surface area contributed by atoms with Crippen LogP contribution in [0.2, 0.25) is 0 Å². The number of hydrogen-bond donors (Lipinski definition) is 0. The van der Waals surface area contributed by atoms with E-state index in [-0.39, 0.29) is 0 Å². The van der Waals surface area contributed by atoms with Crippen molar-refractivity contribution in [2.75, 3.05) is 12.4 Å². The lowest BCUT2D eigenvalue weighted by Gasteiger charge is -2.05. The predicted octanol–water partition coefficient (Wildman–Crippen LogP) is 2.06. The van der Waals surface area contributed by atoms with Gasteiger partial charge in [-0.25, -0.2) is 0 Å². The quantitative estimate of drug-likeness (QED) is 0.583. The summed E-state index contributed by atoms with van der Waals surface area (Å²) in [5, 5.41) is 0.976. The molecule has 0 aromatic heterocycles. The van der Waals surface area contributed by atoms with Gasteiger partial charge in [0.25, 0.3) is 0 Å². The van der Waals surface area contributed by atoms with E-state index in [2.05, 4.69) is 11.8 Å². The minimum absolute atomic E-state index is 0.630. The molecule has 1 aliphatic heterocycles. The van der Waals surface area contributed by atoms with Crippen LogP contribution in [-0.2, 0) is 4.74 Å². The van der Waals surface area contributed by atoms with Gasteiger partial charge in [0.2, 0.25) is 0 Å². The molecule has 0 radical (unpaired) electrons. The van der Waals surface area contributed by atoms with E-state index in [0.29, 0.717) is 6.10 Å². The molecule has 0 bridgehead atoms. The van der Waals surface area contributed by atoms with E-state index in [1.807, 2.05) is 0 Å². The highest BCUT2D eigenvalue weighted by atomic mass is 32.2. The zero-order valence-electron chi connectivity index (χ0n) is 6.21. The highest BCUT2D eigenvalue weighted by Crippen LogP contribution is 2.31. The molecular formula is C8H14OS. The van der Waals surface area contributed by atoms with Gasteiger partial charge in [0, 0.05) is 11.0 Å². The van der Waals surface area contributed by atoms with E-state index >= 15 is 0 Å². The summed E-state index contributed by atoms with van der Waals surface area (Å²) in [6, 6.07) is 0. The summed E-state index contributed by atoms with van der Waals surface area (Å²) < 4.78 is 5.15. The van der Waals surface area contributed by atoms with E-state index in [1.54, 1.807) is 0 Å². The summed E-state index contributed by atoms with van der Waals surface area (Å²) in [6.45, 7) is 1.03. The van der Waals surface area contributed by atoms with Crippen LogP contribution in [0.4, 0.5) is 0 Å². The van der Waals surface area contributed by atoms with Crippen molar-refractivity contribution in [1.29, 1.82) is 0 Å². The summed E-state index contributed by atoms with van der Waals surface area (Å²) in [5.74, 6) is 1.25. The number of epoxide rings is 1. The molecule has 2 aliphatic rings. The molecule has 0 spiro atoms. The highest BCUT2D eigenvalue weighted by molar-refractivity contribution is 7.99. The lowest BCUT2D eigenvalue weighted by atomic mass is 10.4. The van der Waals surface area contributed by atoms with Crippen LogP contribution in [0.15, 0.2) is 0 Å². The SMILES string of the molecule is C1CCC(SCC2CO2)C1. The molecule has 1 aliphatic carbocycles. The molecule has 58 valence electrons. The van der Waals surface area contributed by atoms with Gasteiger partial charge in [-0.05, 0) is 12.8 Å². The molecular weight excluding hydrogens is 144 g/mol. The first-order valence-electron chi connectivity index (χ1n) is 4.18. The molecule has 2 heteroatoms. The molecule has 0 amide bonds. The van der Waals surface area contributed by atoms with Gasteiger partial charge in [-0.3, -0.25) is 0 Å². The molecule has 1 atom stereocenters. The molecule has 1 saturated carbocycles. The van der Waals surface area contributed by atoms with Gasteiger partial charge in [-0.1, -0.05) is 12.8 Å². The molecule has 0 N–H and O–H groups in total. The maximum absolute atomic E-state index is 5.15. The minimum Gasteiger partial charge on any atom is -0.372 e. The maximum Gasteiger partial charge on any atom is 0.0900 e. The first-order chi connectivity index (χ1) is 4.95. The van der Waals surface area contributed by atoms with Crippen molar-refractivity contribution >= 4 is 11.8 Å². The van der Waals surface area contributed by atoms with Crippen LogP contribution < -0.4 is 0 Å². The molecule has 2 rings (SSSR count). The zero-order valence-corrected chi connectivity index (χ0v) is 7.03. The lowest BCUT2D eigenvalue weighted by Crippen LogP contribution is -1.99. The fraction of sp³-hybridized carbons (Fsp3) is 1.00. The lowest BCUT2D eigenvalue weighted by molar-refractivity contribution is 0.426. The van der Waals surface area contributed by atoms with Crippen LogP contribution in [0.1, 0.15) is 25.7 Å². The largest absolute Gasteiger partial charge is 0.372 e. The second kappa shape index (κ2) is 3.14. The Bertz CT molecular complexity index is 106. The average molecular weight is 158 g/mol. The standard InChI is InChI=1S/C8H14OS/c1-2-4-8(3-1)10-6-7-5-9-7/h7-8H,1-6H2. The van der Waals surface area contributed by atoms with Crippen molar-refractivity contribution in [3.8, 4) is 0 Å². The topological polar surface area (TPSA) is 12.5 Å². The molecule has 1 nitrogen and oxygen atoms in total. The second-order valence-corrected chi connectivity index (χ2v) is 4.53. The Kier molecular flexibility index (Phi) is 2.19. The minimum atomic E-state index is 0.630. The van der Waals surface area contributed by atoms with Gasteiger partial charge in [-0.15, -0.1) is 0 Å². The Balaban J connectivity index is 1.59. The second-order valence-electron chi connectivity index (χ2n) is 3.20. The Morgan fingerprint density at radius 2 is 2.00 bits per heavy atom. The molecule has 10 heavy (non-hydrogen) atoms. The summed E-state index contributed by atoms with van der Waals surface area (Å²) in [7, 11) is 0. The van der Waals surface area contributed by atoms with Crippen LogP contribution in [-0.4, -0.2) is 23.7 Å². The van der Waals surface area contributed by atoms with Crippen molar-refractivity contribution in [3.05, 3.63) is 0 Å². The van der Waals surface area contributed by atoms with Gasteiger partial charge in [0.05, 0.1) is 12.7 Å². The van der Waals surface area contributed by atoms with E-state index < -0.39 is 0 Å². The third-order valence-corrected chi connectivity index (χ3v) is 3.73. The van der Waals surface area contributed by atoms with Crippen LogP contribution in [0, 0.1) is 0 Å². The highest BCUT2D eigenvalue weighted by Gasteiger charge is 2.24. The smallest absolute Gasteiger partial charge is 0.0900 e. The van der Waals surface area contributed by atoms with Gasteiger partial charge in [0.15, 0.2) is 0 Å². The number of thioether (sulfide) groups is 1. The molecule has 2 fully saturated rings. The zero-order chi connectivity index (χ0) is 6.81. The van der Waals surface area contributed by atoms with Crippen LogP contribution >= 0.6 is 11.8 Å². The van der Waals surface area contributed by atoms with Crippen molar-refractivity contribution in [2.45, 2.75) is 37.0 Å². The van der Waals surface area contributed by atoms with Crippen molar-refractivity contribution < 1.29 is 4.74 Å². The molecule has 1 saturated heterocycles. The third kappa shape index (κ3) is 1.89. The van der Waals surface area contributed by atoms with Crippen LogP contribution in [0.3, 0.4) is 0 Å². The fourth-order valence-electron chi connectivity index (χ4n) is 1.46. The maximum atomic E-state index is 5.15. The Hall–Kier alpha value is 0.310. The van der Waals surface area contributed by atoms with E-state index in [9.17, 15) is 0 Å². The Labute approximate surface area is 66.5 Å². The summed E-state index contributed by atoms with van der Waals surface area (Å²) >= 11 is 2.13. The van der Waals surface area contributed by atoms with Crippen LogP contribution in [0.25, 0.3) is 0 Å². The predicted molar refractivity (Wildman–Crippen MR) is 44.5 cm³/mol. The van der Waals surface area contributed by atoms with E-state index in [0.717, 1.165) is 11.9 Å². The van der Waals surface area contributed by atoms with Gasteiger partial charge >= 0.3 is 0 Å². The number of hydrogen-bond acceptors (Lipinski definition) is 2. The third-order valence-electron chi connectivity index (χ3n) is 2.22. The van der Waals surface area contributed by atoms with E-state index in [4.69, 9.17) is 4.74 Å². The fourth-order valence-corrected chi connectivity index (χ4v) is 2.81. The molecule has 0 aromatic rings. The molecule has 1 unspecified atom stereocenters. The number of ether oxygens (including phenoxy) is 1.